The first-order chi connectivity index (χ1) is 15.0. The van der Waals surface area contributed by atoms with Crippen LogP contribution in [-0.2, 0) is 16.0 Å². The summed E-state index contributed by atoms with van der Waals surface area (Å²) in [7, 11) is 1.41. The van der Waals surface area contributed by atoms with E-state index in [2.05, 4.69) is 29.2 Å². The van der Waals surface area contributed by atoms with E-state index in [0.29, 0.717) is 18.3 Å². The van der Waals surface area contributed by atoms with Crippen LogP contribution < -0.4 is 4.90 Å². The Bertz CT molecular complexity index is 622. The highest BCUT2D eigenvalue weighted by atomic mass is 35.5. The molecule has 10 heteroatoms. The molecule has 0 saturated carbocycles. The molecule has 0 radical (unpaired) electrons. The molecule has 1 aliphatic rings. The van der Waals surface area contributed by atoms with E-state index in [-0.39, 0.29) is 0 Å². The first-order valence-corrected chi connectivity index (χ1v) is 11.6. The molecule has 31 heavy (non-hydrogen) atoms. The number of aliphatic hydroxyl groups excluding tert-OH is 3. The lowest BCUT2D eigenvalue weighted by atomic mass is 9.99. The van der Waals surface area contributed by atoms with Crippen LogP contribution in [0, 0.1) is 0 Å². The van der Waals surface area contributed by atoms with Crippen LogP contribution in [0.25, 0.3) is 0 Å². The molecule has 2 rings (SSSR count). The second kappa shape index (κ2) is 13.7. The number of benzene rings is 1. The normalized spacial score (nSPS) is 26.4. The number of aliphatic hydroxyl groups is 3. The van der Waals surface area contributed by atoms with Gasteiger partial charge in [-0.2, -0.15) is 5.06 Å². The minimum Gasteiger partial charge on any atom is -0.394 e. The molecule has 1 saturated heterocycles. The van der Waals surface area contributed by atoms with E-state index < -0.39 is 37.3 Å². The molecule has 7 nitrogen and oxygen atoms in total. The number of unbranched alkanes of at least 4 members (excludes halogenated alkanes) is 1. The molecule has 1 fully saturated rings. The fraction of sp³-hybridized carbons (Fsp3) is 0.714. The van der Waals surface area contributed by atoms with E-state index in [4.69, 9.17) is 32.8 Å². The van der Waals surface area contributed by atoms with Crippen LogP contribution in [0.1, 0.15) is 18.4 Å². The van der Waals surface area contributed by atoms with E-state index in [1.807, 2.05) is 0 Å². The van der Waals surface area contributed by atoms with Gasteiger partial charge >= 0.3 is 0 Å². The predicted octanol–water partition coefficient (Wildman–Crippen LogP) is 1.93. The summed E-state index contributed by atoms with van der Waals surface area (Å²) in [6, 6.07) is 8.27. The van der Waals surface area contributed by atoms with Crippen LogP contribution >= 0.6 is 23.2 Å². The van der Waals surface area contributed by atoms with Crippen molar-refractivity contribution in [1.82, 2.24) is 5.06 Å². The topological polar surface area (TPSA) is 85.6 Å². The first kappa shape index (κ1) is 26.5. The number of aryl methyl sites for hydroxylation is 1. The maximum atomic E-state index is 14.2. The number of alkyl halides is 3. The molecule has 1 aromatic rings. The van der Waals surface area contributed by atoms with Crippen LogP contribution in [0.2, 0.25) is 0 Å². The highest BCUT2D eigenvalue weighted by molar-refractivity contribution is 6.18. The summed E-state index contributed by atoms with van der Waals surface area (Å²) < 4.78 is 19.6. The van der Waals surface area contributed by atoms with Crippen molar-refractivity contribution >= 4 is 28.9 Å². The highest BCUT2D eigenvalue weighted by Crippen LogP contribution is 2.26. The minimum atomic E-state index is -1.93. The molecular formula is C21H33Cl2FN2O5. The Morgan fingerprint density at radius 3 is 2.23 bits per heavy atom. The van der Waals surface area contributed by atoms with Crippen molar-refractivity contribution < 1.29 is 29.3 Å². The van der Waals surface area contributed by atoms with Gasteiger partial charge in [0, 0.05) is 37.1 Å². The lowest BCUT2D eigenvalue weighted by Crippen LogP contribution is -2.61. The van der Waals surface area contributed by atoms with Gasteiger partial charge < -0.3 is 25.0 Å². The Hall–Kier alpha value is -0.710. The third-order valence-electron chi connectivity index (χ3n) is 5.44. The minimum absolute atomic E-state index is 0.399. The summed E-state index contributed by atoms with van der Waals surface area (Å²) in [6.07, 6.45) is -4.88. The number of hydrogen-bond donors (Lipinski definition) is 3. The average Bonchev–Trinajstić information content (AvgIpc) is 2.79. The molecule has 3 N–H and O–H groups in total. The van der Waals surface area contributed by atoms with Gasteiger partial charge in [0.15, 0.2) is 12.4 Å². The van der Waals surface area contributed by atoms with Crippen molar-refractivity contribution in [3.63, 3.8) is 0 Å². The van der Waals surface area contributed by atoms with Crippen LogP contribution in [0.3, 0.4) is 0 Å². The Morgan fingerprint density at radius 2 is 1.68 bits per heavy atom. The van der Waals surface area contributed by atoms with Gasteiger partial charge in [0.1, 0.15) is 18.3 Å². The van der Waals surface area contributed by atoms with Gasteiger partial charge in [-0.25, -0.2) is 4.39 Å². The predicted molar refractivity (Wildman–Crippen MR) is 119 cm³/mol. The van der Waals surface area contributed by atoms with E-state index in [1.165, 1.54) is 17.7 Å². The van der Waals surface area contributed by atoms with Gasteiger partial charge in [0.2, 0.25) is 0 Å². The van der Waals surface area contributed by atoms with Gasteiger partial charge in [-0.15, -0.1) is 23.2 Å². The third kappa shape index (κ3) is 7.40. The van der Waals surface area contributed by atoms with Crippen LogP contribution in [0.15, 0.2) is 24.3 Å². The molecule has 0 aromatic heterocycles. The Kier molecular flexibility index (Phi) is 11.8. The van der Waals surface area contributed by atoms with Gasteiger partial charge in [-0.1, -0.05) is 12.1 Å². The van der Waals surface area contributed by atoms with E-state index in [9.17, 15) is 19.7 Å². The lowest BCUT2D eigenvalue weighted by Gasteiger charge is -2.42. The molecule has 178 valence electrons. The molecule has 0 amide bonds. The quantitative estimate of drug-likeness (QED) is 0.225. The van der Waals surface area contributed by atoms with Crippen molar-refractivity contribution in [2.45, 2.75) is 50.0 Å². The van der Waals surface area contributed by atoms with Crippen molar-refractivity contribution in [1.29, 1.82) is 0 Å². The van der Waals surface area contributed by atoms with E-state index in [0.717, 1.165) is 38.0 Å². The van der Waals surface area contributed by atoms with Gasteiger partial charge in [0.25, 0.3) is 0 Å². The zero-order valence-electron chi connectivity index (χ0n) is 17.7. The van der Waals surface area contributed by atoms with Gasteiger partial charge in [0.05, 0.1) is 13.7 Å². The number of ether oxygens (including phenoxy) is 1. The summed E-state index contributed by atoms with van der Waals surface area (Å²) in [4.78, 5) is 7.41. The molecule has 5 atom stereocenters. The fourth-order valence-electron chi connectivity index (χ4n) is 3.66. The molecule has 0 aliphatic carbocycles. The largest absolute Gasteiger partial charge is 0.394 e. The van der Waals surface area contributed by atoms with Gasteiger partial charge in [-0.05, 0) is 37.0 Å². The Morgan fingerprint density at radius 1 is 1.03 bits per heavy atom. The van der Waals surface area contributed by atoms with E-state index >= 15 is 0 Å². The first-order valence-electron chi connectivity index (χ1n) is 10.5. The molecule has 0 bridgehead atoms. The van der Waals surface area contributed by atoms with Crippen LogP contribution in [-0.4, -0.2) is 96.2 Å². The zero-order chi connectivity index (χ0) is 22.8. The summed E-state index contributed by atoms with van der Waals surface area (Å²) in [6.45, 7) is 1.33. The summed E-state index contributed by atoms with van der Waals surface area (Å²) >= 11 is 11.7. The van der Waals surface area contributed by atoms with Crippen LogP contribution in [0.5, 0.6) is 0 Å². The number of halogens is 3. The van der Waals surface area contributed by atoms with Gasteiger partial charge in [-0.3, -0.25) is 4.84 Å². The maximum Gasteiger partial charge on any atom is 0.162 e. The molecule has 1 unspecified atom stereocenters. The molecule has 1 aliphatic heterocycles. The van der Waals surface area contributed by atoms with Crippen LogP contribution in [0.4, 0.5) is 10.1 Å². The second-order valence-corrected chi connectivity index (χ2v) is 8.24. The molecular weight excluding hydrogens is 450 g/mol. The number of nitrogens with zero attached hydrogens (tertiary/aromatic N) is 2. The maximum absolute atomic E-state index is 14.2. The number of anilines is 1. The van der Waals surface area contributed by atoms with E-state index in [1.54, 1.807) is 0 Å². The summed E-state index contributed by atoms with van der Waals surface area (Å²) in [5, 5.41) is 30.5. The third-order valence-corrected chi connectivity index (χ3v) is 5.78. The Labute approximate surface area is 193 Å². The standard InChI is InChI=1S/C21H33Cl2FN2O5/c1-30-26(21-20(29)18(24)19(28)17(14-27)31-21)11-3-2-4-15-5-7-16(8-6-15)25(12-9-22)13-10-23/h5-8,17-21,27-29H,2-4,9-14H2,1H3/t17-,18+,19-,20-,21?/m1/s1. The Balaban J connectivity index is 1.84. The highest BCUT2D eigenvalue weighted by Gasteiger charge is 2.47. The molecule has 1 heterocycles. The average molecular weight is 483 g/mol. The second-order valence-electron chi connectivity index (χ2n) is 7.49. The number of rotatable bonds is 13. The van der Waals surface area contributed by atoms with Crippen molar-refractivity contribution in [2.75, 3.05) is 50.0 Å². The molecule has 1 aromatic carbocycles. The van der Waals surface area contributed by atoms with Crippen molar-refractivity contribution in [2.24, 2.45) is 0 Å². The van der Waals surface area contributed by atoms with Crippen molar-refractivity contribution in [3.05, 3.63) is 29.8 Å². The SMILES string of the molecule is CON(CCCCc1ccc(N(CCCl)CCCl)cc1)C1O[C@H](CO)[C@@H](O)[C@H](F)[C@H]1O. The monoisotopic (exact) mass is 482 g/mol. The summed E-state index contributed by atoms with van der Waals surface area (Å²) in [5.74, 6) is 1.07. The lowest BCUT2D eigenvalue weighted by molar-refractivity contribution is -0.320. The number of hydroxylamine groups is 2. The fourth-order valence-corrected chi connectivity index (χ4v) is 4.07. The smallest absolute Gasteiger partial charge is 0.162 e. The van der Waals surface area contributed by atoms with Crippen molar-refractivity contribution in [3.8, 4) is 0 Å². The summed E-state index contributed by atoms with van der Waals surface area (Å²) in [5.41, 5.74) is 2.27. The molecule has 0 spiro atoms. The number of hydrogen-bond acceptors (Lipinski definition) is 7. The zero-order valence-corrected chi connectivity index (χ0v) is 19.3.